The van der Waals surface area contributed by atoms with Gasteiger partial charge in [0.05, 0.1) is 0 Å². The van der Waals surface area contributed by atoms with Gasteiger partial charge in [0.2, 0.25) is 0 Å². The largest absolute Gasteiger partial charge is 0.508 e. The Balaban J connectivity index is 2.14. The van der Waals surface area contributed by atoms with Gasteiger partial charge in [0.1, 0.15) is 11.5 Å². The zero-order valence-corrected chi connectivity index (χ0v) is 9.72. The van der Waals surface area contributed by atoms with Crippen LogP contribution in [0, 0.1) is 6.07 Å². The third-order valence-corrected chi connectivity index (χ3v) is 2.79. The molecule has 0 aliphatic carbocycles. The summed E-state index contributed by atoms with van der Waals surface area (Å²) in [5.41, 5.74) is 2.06. The maximum Gasteiger partial charge on any atom is 0.115 e. The summed E-state index contributed by atoms with van der Waals surface area (Å²) in [4.78, 5) is 0. The molecule has 2 aromatic rings. The molecule has 0 bridgehead atoms. The Bertz CT molecular complexity index is 506. The molecule has 0 aliphatic rings. The number of phenolic OH excluding ortho intramolecular Hbond substituents is 2. The summed E-state index contributed by atoms with van der Waals surface area (Å²) < 4.78 is 0. The molecule has 2 nitrogen and oxygen atoms in total. The predicted octanol–water partition coefficient (Wildman–Crippen LogP) is 3.24. The van der Waals surface area contributed by atoms with Crippen LogP contribution in [0.5, 0.6) is 11.5 Å². The molecule has 1 atom stereocenters. The van der Waals surface area contributed by atoms with Crippen LogP contribution < -0.4 is 0 Å². The van der Waals surface area contributed by atoms with Crippen LogP contribution in [0.4, 0.5) is 0 Å². The molecular weight excluding hydrogens is 212 g/mol. The lowest BCUT2D eigenvalue weighted by atomic mass is 9.93. The van der Waals surface area contributed by atoms with E-state index in [0.717, 1.165) is 17.5 Å². The molecule has 0 amide bonds. The number of rotatable bonds is 3. The smallest absolute Gasteiger partial charge is 0.115 e. The number of hydrogen-bond acceptors (Lipinski definition) is 2. The predicted molar refractivity (Wildman–Crippen MR) is 67.2 cm³/mol. The van der Waals surface area contributed by atoms with E-state index in [-0.39, 0.29) is 17.4 Å². The molecule has 2 aromatic carbocycles. The van der Waals surface area contributed by atoms with Gasteiger partial charge in [-0.15, -0.1) is 0 Å². The van der Waals surface area contributed by atoms with Gasteiger partial charge in [-0.1, -0.05) is 25.1 Å². The van der Waals surface area contributed by atoms with Gasteiger partial charge < -0.3 is 10.2 Å². The molecule has 0 fully saturated rings. The van der Waals surface area contributed by atoms with Crippen LogP contribution in [0.15, 0.2) is 42.5 Å². The number of aromatic hydroxyl groups is 2. The first kappa shape index (κ1) is 11.5. The zero-order chi connectivity index (χ0) is 12.3. The van der Waals surface area contributed by atoms with Gasteiger partial charge in [-0.25, -0.2) is 0 Å². The van der Waals surface area contributed by atoms with Crippen molar-refractivity contribution < 1.29 is 10.2 Å². The molecule has 2 N–H and O–H groups in total. The molecule has 2 rings (SSSR count). The fourth-order valence-corrected chi connectivity index (χ4v) is 1.90. The lowest BCUT2D eigenvalue weighted by Crippen LogP contribution is -1.98. The van der Waals surface area contributed by atoms with Gasteiger partial charge in [0.15, 0.2) is 0 Å². The summed E-state index contributed by atoms with van der Waals surface area (Å²) in [6.45, 7) is 2.08. The summed E-state index contributed by atoms with van der Waals surface area (Å²) in [6.07, 6.45) is 0.814. The van der Waals surface area contributed by atoms with Gasteiger partial charge >= 0.3 is 0 Å². The van der Waals surface area contributed by atoms with Gasteiger partial charge in [-0.2, -0.15) is 0 Å². The summed E-state index contributed by atoms with van der Waals surface area (Å²) in [5, 5.41) is 18.8. The van der Waals surface area contributed by atoms with E-state index >= 15 is 0 Å². The van der Waals surface area contributed by atoms with E-state index in [4.69, 9.17) is 0 Å². The first-order valence-corrected chi connectivity index (χ1v) is 5.63. The van der Waals surface area contributed by atoms with Crippen molar-refractivity contribution in [3.05, 3.63) is 59.7 Å². The Kier molecular flexibility index (Phi) is 3.33. The second-order valence-corrected chi connectivity index (χ2v) is 4.28. The molecule has 1 unspecified atom stereocenters. The Morgan fingerprint density at radius 3 is 2.59 bits per heavy atom. The summed E-state index contributed by atoms with van der Waals surface area (Å²) in [6, 6.07) is 15.4. The number of phenols is 2. The van der Waals surface area contributed by atoms with Crippen molar-refractivity contribution in [2.45, 2.75) is 19.3 Å². The lowest BCUT2D eigenvalue weighted by molar-refractivity contribution is 0.472. The van der Waals surface area contributed by atoms with Crippen LogP contribution in [-0.2, 0) is 6.42 Å². The molecule has 0 saturated carbocycles. The maximum atomic E-state index is 9.41. The highest BCUT2D eigenvalue weighted by molar-refractivity contribution is 5.32. The van der Waals surface area contributed by atoms with E-state index < -0.39 is 0 Å². The van der Waals surface area contributed by atoms with E-state index in [9.17, 15) is 10.2 Å². The van der Waals surface area contributed by atoms with Gasteiger partial charge in [0, 0.05) is 0 Å². The summed E-state index contributed by atoms with van der Waals surface area (Å²) >= 11 is 0. The van der Waals surface area contributed by atoms with Crippen molar-refractivity contribution in [1.29, 1.82) is 0 Å². The maximum absolute atomic E-state index is 9.41. The second kappa shape index (κ2) is 4.91. The van der Waals surface area contributed by atoms with Gasteiger partial charge in [-0.05, 0) is 53.8 Å². The standard InChI is InChI=1S/C15H15O2/c1-11(13-5-3-7-15(17)10-13)8-12-4-2-6-14(16)9-12/h2-4,6-7,9-11,16-17H,8H2,1H3. The fraction of sp³-hybridized carbons (Fsp3) is 0.200. The van der Waals surface area contributed by atoms with Crippen molar-refractivity contribution in [1.82, 2.24) is 0 Å². The van der Waals surface area contributed by atoms with Crippen molar-refractivity contribution in [2.24, 2.45) is 0 Å². The highest BCUT2D eigenvalue weighted by atomic mass is 16.3. The molecule has 0 heterocycles. The zero-order valence-electron chi connectivity index (χ0n) is 9.72. The Labute approximate surface area is 101 Å². The topological polar surface area (TPSA) is 40.5 Å². The van der Waals surface area contributed by atoms with E-state index in [1.54, 1.807) is 30.3 Å². The van der Waals surface area contributed by atoms with Crippen LogP contribution in [0.2, 0.25) is 0 Å². The molecule has 0 spiro atoms. The Hall–Kier alpha value is -1.96. The highest BCUT2D eigenvalue weighted by Crippen LogP contribution is 2.24. The molecule has 1 radical (unpaired) electrons. The van der Waals surface area contributed by atoms with E-state index in [1.165, 1.54) is 0 Å². The second-order valence-electron chi connectivity index (χ2n) is 4.28. The molecule has 0 aromatic heterocycles. The van der Waals surface area contributed by atoms with Crippen molar-refractivity contribution in [2.75, 3.05) is 0 Å². The monoisotopic (exact) mass is 227 g/mol. The summed E-state index contributed by atoms with van der Waals surface area (Å²) in [5.74, 6) is 0.806. The van der Waals surface area contributed by atoms with E-state index in [2.05, 4.69) is 13.0 Å². The van der Waals surface area contributed by atoms with Crippen molar-refractivity contribution >= 4 is 0 Å². The molecular formula is C15H15O2. The van der Waals surface area contributed by atoms with Crippen LogP contribution in [0.3, 0.4) is 0 Å². The SMILES string of the molecule is CC(Cc1cccc(O)c1)c1[c]ccc(O)c1. The van der Waals surface area contributed by atoms with Crippen molar-refractivity contribution in [3.8, 4) is 11.5 Å². The quantitative estimate of drug-likeness (QED) is 0.845. The van der Waals surface area contributed by atoms with Crippen LogP contribution in [-0.4, -0.2) is 10.2 Å². The average Bonchev–Trinajstić information content (AvgIpc) is 2.29. The van der Waals surface area contributed by atoms with Crippen molar-refractivity contribution in [3.63, 3.8) is 0 Å². The Morgan fingerprint density at radius 1 is 1.12 bits per heavy atom. The number of benzene rings is 2. The normalized spacial score (nSPS) is 12.3. The minimum atomic E-state index is 0.254. The highest BCUT2D eigenvalue weighted by Gasteiger charge is 2.08. The minimum Gasteiger partial charge on any atom is -0.508 e. The van der Waals surface area contributed by atoms with Crippen LogP contribution in [0.25, 0.3) is 0 Å². The average molecular weight is 227 g/mol. The molecule has 17 heavy (non-hydrogen) atoms. The first-order chi connectivity index (χ1) is 8.15. The van der Waals surface area contributed by atoms with Crippen LogP contribution >= 0.6 is 0 Å². The van der Waals surface area contributed by atoms with E-state index in [0.29, 0.717) is 0 Å². The third-order valence-electron chi connectivity index (χ3n) is 2.79. The van der Waals surface area contributed by atoms with E-state index in [1.807, 2.05) is 12.1 Å². The molecule has 0 aliphatic heterocycles. The fourth-order valence-electron chi connectivity index (χ4n) is 1.90. The third kappa shape index (κ3) is 3.00. The Morgan fingerprint density at radius 2 is 1.88 bits per heavy atom. The van der Waals surface area contributed by atoms with Gasteiger partial charge in [-0.3, -0.25) is 0 Å². The molecule has 87 valence electrons. The number of hydrogen-bond donors (Lipinski definition) is 2. The van der Waals surface area contributed by atoms with Crippen LogP contribution in [0.1, 0.15) is 24.0 Å². The first-order valence-electron chi connectivity index (χ1n) is 5.63. The molecule has 0 saturated heterocycles. The minimum absolute atomic E-state index is 0.254. The molecule has 2 heteroatoms. The van der Waals surface area contributed by atoms with Gasteiger partial charge in [0.25, 0.3) is 0 Å². The summed E-state index contributed by atoms with van der Waals surface area (Å²) in [7, 11) is 0. The lowest BCUT2D eigenvalue weighted by Gasteiger charge is -2.12.